The molecule has 92 valence electrons. The molecule has 0 aromatic carbocycles. The van der Waals surface area contributed by atoms with E-state index in [0.29, 0.717) is 11.7 Å². The summed E-state index contributed by atoms with van der Waals surface area (Å²) in [6.45, 7) is 3.03. The van der Waals surface area contributed by atoms with E-state index in [9.17, 15) is 4.79 Å². The first-order valence-corrected chi connectivity index (χ1v) is 6.06. The second-order valence-electron chi connectivity index (χ2n) is 4.34. The van der Waals surface area contributed by atoms with E-state index in [1.807, 2.05) is 0 Å². The summed E-state index contributed by atoms with van der Waals surface area (Å²) < 4.78 is 0. The third-order valence-corrected chi connectivity index (χ3v) is 3.04. The number of carbonyl (C=O) groups excluding carboxylic acids is 1. The van der Waals surface area contributed by atoms with E-state index >= 15 is 0 Å². The number of hydrogen-bond donors (Lipinski definition) is 2. The zero-order valence-corrected chi connectivity index (χ0v) is 10.4. The van der Waals surface area contributed by atoms with Crippen LogP contribution in [0.4, 0.5) is 5.82 Å². The molecule has 0 radical (unpaired) electrons. The van der Waals surface area contributed by atoms with Crippen molar-refractivity contribution in [3.63, 3.8) is 0 Å². The van der Waals surface area contributed by atoms with Gasteiger partial charge in [-0.2, -0.15) is 0 Å². The Bertz CT molecular complexity index is 412. The lowest BCUT2D eigenvalue weighted by atomic mass is 9.94. The van der Waals surface area contributed by atoms with Gasteiger partial charge in [-0.05, 0) is 43.0 Å². The SMILES string of the molecule is CC1CCNC(C(=O)Nc2ccnc(Cl)n2)C1. The van der Waals surface area contributed by atoms with Crippen LogP contribution in [0.3, 0.4) is 0 Å². The molecule has 5 nitrogen and oxygen atoms in total. The summed E-state index contributed by atoms with van der Waals surface area (Å²) >= 11 is 5.65. The van der Waals surface area contributed by atoms with Crippen molar-refractivity contribution in [2.24, 2.45) is 5.92 Å². The largest absolute Gasteiger partial charge is 0.309 e. The Balaban J connectivity index is 1.96. The number of rotatable bonds is 2. The second-order valence-corrected chi connectivity index (χ2v) is 4.67. The van der Waals surface area contributed by atoms with Crippen LogP contribution >= 0.6 is 11.6 Å². The summed E-state index contributed by atoms with van der Waals surface area (Å²) in [5, 5.41) is 6.06. The van der Waals surface area contributed by atoms with Gasteiger partial charge in [0.15, 0.2) is 0 Å². The molecule has 2 rings (SSSR count). The average Bonchev–Trinajstić information content (AvgIpc) is 2.29. The fraction of sp³-hybridized carbons (Fsp3) is 0.545. The van der Waals surface area contributed by atoms with Gasteiger partial charge in [-0.3, -0.25) is 4.79 Å². The maximum atomic E-state index is 11.9. The predicted molar refractivity (Wildman–Crippen MR) is 65.9 cm³/mol. The van der Waals surface area contributed by atoms with E-state index in [1.54, 1.807) is 6.07 Å². The maximum Gasteiger partial charge on any atom is 0.242 e. The Kier molecular flexibility index (Phi) is 3.91. The van der Waals surface area contributed by atoms with Crippen molar-refractivity contribution >= 4 is 23.3 Å². The molecule has 17 heavy (non-hydrogen) atoms. The van der Waals surface area contributed by atoms with Crippen LogP contribution in [-0.2, 0) is 4.79 Å². The van der Waals surface area contributed by atoms with Gasteiger partial charge in [-0.15, -0.1) is 0 Å². The van der Waals surface area contributed by atoms with Gasteiger partial charge in [0, 0.05) is 6.20 Å². The number of anilines is 1. The highest BCUT2D eigenvalue weighted by atomic mass is 35.5. The Hall–Kier alpha value is -1.20. The number of piperidine rings is 1. The highest BCUT2D eigenvalue weighted by Crippen LogP contribution is 2.16. The van der Waals surface area contributed by atoms with Crippen molar-refractivity contribution in [3.05, 3.63) is 17.5 Å². The van der Waals surface area contributed by atoms with Crippen molar-refractivity contribution in [2.45, 2.75) is 25.8 Å². The Labute approximate surface area is 105 Å². The van der Waals surface area contributed by atoms with Crippen LogP contribution in [0.2, 0.25) is 5.28 Å². The second kappa shape index (κ2) is 5.42. The molecule has 0 bridgehead atoms. The first-order valence-electron chi connectivity index (χ1n) is 5.68. The van der Waals surface area contributed by atoms with Crippen LogP contribution in [0.5, 0.6) is 0 Å². The lowest BCUT2D eigenvalue weighted by molar-refractivity contribution is -0.119. The monoisotopic (exact) mass is 254 g/mol. The van der Waals surface area contributed by atoms with Crippen LogP contribution in [-0.4, -0.2) is 28.5 Å². The molecule has 0 spiro atoms. The number of halogens is 1. The summed E-state index contributed by atoms with van der Waals surface area (Å²) in [5.74, 6) is 0.947. The van der Waals surface area contributed by atoms with Crippen LogP contribution < -0.4 is 10.6 Å². The number of hydrogen-bond acceptors (Lipinski definition) is 4. The third-order valence-electron chi connectivity index (χ3n) is 2.86. The minimum atomic E-state index is -0.146. The fourth-order valence-electron chi connectivity index (χ4n) is 1.93. The van der Waals surface area contributed by atoms with Gasteiger partial charge in [0.05, 0.1) is 6.04 Å². The number of amides is 1. The Morgan fingerprint density at radius 2 is 2.47 bits per heavy atom. The molecule has 2 unspecified atom stereocenters. The Morgan fingerprint density at radius 3 is 3.18 bits per heavy atom. The van der Waals surface area contributed by atoms with E-state index in [1.165, 1.54) is 6.20 Å². The molecule has 1 aromatic rings. The molecular formula is C11H15ClN4O. The van der Waals surface area contributed by atoms with Gasteiger partial charge in [-0.1, -0.05) is 6.92 Å². The topological polar surface area (TPSA) is 66.9 Å². The molecule has 1 aliphatic heterocycles. The molecule has 1 aromatic heterocycles. The molecule has 6 heteroatoms. The molecule has 1 saturated heterocycles. The van der Waals surface area contributed by atoms with E-state index in [4.69, 9.17) is 11.6 Å². The number of nitrogens with one attached hydrogen (secondary N) is 2. The van der Waals surface area contributed by atoms with Crippen molar-refractivity contribution in [1.82, 2.24) is 15.3 Å². The first-order chi connectivity index (χ1) is 8.15. The summed E-state index contributed by atoms with van der Waals surface area (Å²) in [6.07, 6.45) is 3.48. The molecule has 2 atom stereocenters. The molecular weight excluding hydrogens is 240 g/mol. The average molecular weight is 255 g/mol. The van der Waals surface area contributed by atoms with Crippen molar-refractivity contribution < 1.29 is 4.79 Å². The van der Waals surface area contributed by atoms with Crippen LogP contribution in [0.1, 0.15) is 19.8 Å². The Morgan fingerprint density at radius 1 is 1.65 bits per heavy atom. The zero-order chi connectivity index (χ0) is 12.3. The van der Waals surface area contributed by atoms with Crippen molar-refractivity contribution in [3.8, 4) is 0 Å². The van der Waals surface area contributed by atoms with E-state index < -0.39 is 0 Å². The van der Waals surface area contributed by atoms with E-state index in [-0.39, 0.29) is 17.2 Å². The minimum absolute atomic E-state index is 0.0636. The predicted octanol–water partition coefficient (Wildman–Crippen LogP) is 1.46. The van der Waals surface area contributed by atoms with Gasteiger partial charge in [0.1, 0.15) is 5.82 Å². The van der Waals surface area contributed by atoms with Crippen molar-refractivity contribution in [2.75, 3.05) is 11.9 Å². The van der Waals surface area contributed by atoms with E-state index in [0.717, 1.165) is 19.4 Å². The standard InChI is InChI=1S/C11H15ClN4O/c1-7-2-4-13-8(6-7)10(17)15-9-3-5-14-11(12)16-9/h3,5,7-8,13H,2,4,6H2,1H3,(H,14,15,16,17). The molecule has 1 amide bonds. The number of carbonyl (C=O) groups is 1. The molecule has 1 aliphatic rings. The lowest BCUT2D eigenvalue weighted by Crippen LogP contribution is -2.45. The third kappa shape index (κ3) is 3.38. The van der Waals surface area contributed by atoms with Crippen LogP contribution in [0.15, 0.2) is 12.3 Å². The number of nitrogens with zero attached hydrogens (tertiary/aromatic N) is 2. The molecule has 1 fully saturated rings. The van der Waals surface area contributed by atoms with Crippen LogP contribution in [0, 0.1) is 5.92 Å². The quantitative estimate of drug-likeness (QED) is 0.784. The summed E-state index contributed by atoms with van der Waals surface area (Å²) in [4.78, 5) is 19.6. The normalized spacial score (nSPS) is 24.4. The summed E-state index contributed by atoms with van der Waals surface area (Å²) in [5.41, 5.74) is 0. The van der Waals surface area contributed by atoms with E-state index in [2.05, 4.69) is 27.5 Å². The highest BCUT2D eigenvalue weighted by molar-refractivity contribution is 6.28. The van der Waals surface area contributed by atoms with Crippen LogP contribution in [0.25, 0.3) is 0 Å². The fourth-order valence-corrected chi connectivity index (χ4v) is 2.07. The van der Waals surface area contributed by atoms with Gasteiger partial charge in [-0.25, -0.2) is 9.97 Å². The maximum absolute atomic E-state index is 11.9. The summed E-state index contributed by atoms with van der Waals surface area (Å²) in [7, 11) is 0. The zero-order valence-electron chi connectivity index (χ0n) is 9.61. The molecule has 0 aliphatic carbocycles. The summed E-state index contributed by atoms with van der Waals surface area (Å²) in [6, 6.07) is 1.48. The smallest absolute Gasteiger partial charge is 0.242 e. The lowest BCUT2D eigenvalue weighted by Gasteiger charge is -2.26. The first kappa shape index (κ1) is 12.3. The van der Waals surface area contributed by atoms with Crippen molar-refractivity contribution in [1.29, 1.82) is 0 Å². The molecule has 0 saturated carbocycles. The van der Waals surface area contributed by atoms with Gasteiger partial charge in [0.25, 0.3) is 0 Å². The number of aromatic nitrogens is 2. The van der Waals surface area contributed by atoms with Gasteiger partial charge < -0.3 is 10.6 Å². The van der Waals surface area contributed by atoms with Gasteiger partial charge in [0.2, 0.25) is 11.2 Å². The highest BCUT2D eigenvalue weighted by Gasteiger charge is 2.24. The molecule has 2 heterocycles. The molecule has 2 N–H and O–H groups in total. The van der Waals surface area contributed by atoms with Gasteiger partial charge >= 0.3 is 0 Å². The minimum Gasteiger partial charge on any atom is -0.309 e.